The van der Waals surface area contributed by atoms with E-state index in [4.69, 9.17) is 16.3 Å². The minimum atomic E-state index is 0.697. The van der Waals surface area contributed by atoms with Gasteiger partial charge in [-0.2, -0.15) is 0 Å². The molecule has 1 aromatic rings. The molecule has 0 aliphatic carbocycles. The number of rotatable bonds is 5. The van der Waals surface area contributed by atoms with Crippen molar-refractivity contribution >= 4 is 11.6 Å². The van der Waals surface area contributed by atoms with Crippen molar-refractivity contribution in [2.24, 2.45) is 0 Å². The molecule has 2 nitrogen and oxygen atoms in total. The quantitative estimate of drug-likeness (QED) is 0.785. The standard InChI is InChI=1S/C13H20ClNO/c1-5-15(3)7-6-11-9-12(14)13(16-4)8-10(11)2/h8-9H,5-7H2,1-4H3. The van der Waals surface area contributed by atoms with Gasteiger partial charge >= 0.3 is 0 Å². The highest BCUT2D eigenvalue weighted by Crippen LogP contribution is 2.28. The number of nitrogens with zero attached hydrogens (tertiary/aromatic N) is 1. The summed E-state index contributed by atoms with van der Waals surface area (Å²) in [6.07, 6.45) is 1.03. The molecule has 0 aliphatic heterocycles. The SMILES string of the molecule is CCN(C)CCc1cc(Cl)c(OC)cc1C. The van der Waals surface area contributed by atoms with Gasteiger partial charge in [0.2, 0.25) is 0 Å². The van der Waals surface area contributed by atoms with E-state index in [0.717, 1.165) is 25.3 Å². The summed E-state index contributed by atoms with van der Waals surface area (Å²) in [5.74, 6) is 0.756. The monoisotopic (exact) mass is 241 g/mol. The zero-order valence-electron chi connectivity index (χ0n) is 10.5. The van der Waals surface area contributed by atoms with Gasteiger partial charge in [0.15, 0.2) is 0 Å². The van der Waals surface area contributed by atoms with Crippen molar-refractivity contribution in [3.8, 4) is 5.75 Å². The molecule has 3 heteroatoms. The lowest BCUT2D eigenvalue weighted by Crippen LogP contribution is -2.20. The van der Waals surface area contributed by atoms with Gasteiger partial charge in [0.1, 0.15) is 5.75 Å². The van der Waals surface area contributed by atoms with Crippen LogP contribution in [0.3, 0.4) is 0 Å². The summed E-state index contributed by atoms with van der Waals surface area (Å²) in [6.45, 7) is 6.39. The third kappa shape index (κ3) is 3.39. The zero-order valence-corrected chi connectivity index (χ0v) is 11.3. The van der Waals surface area contributed by atoms with Gasteiger partial charge in [0.25, 0.3) is 0 Å². The zero-order chi connectivity index (χ0) is 12.1. The summed E-state index contributed by atoms with van der Waals surface area (Å²) in [5.41, 5.74) is 2.54. The van der Waals surface area contributed by atoms with Gasteiger partial charge in [-0.05, 0) is 50.2 Å². The smallest absolute Gasteiger partial charge is 0.137 e. The van der Waals surface area contributed by atoms with Crippen LogP contribution < -0.4 is 4.74 Å². The van der Waals surface area contributed by atoms with Gasteiger partial charge in [0, 0.05) is 6.54 Å². The molecular formula is C13H20ClNO. The maximum absolute atomic E-state index is 6.11. The lowest BCUT2D eigenvalue weighted by Gasteiger charge is -2.15. The minimum Gasteiger partial charge on any atom is -0.495 e. The Balaban J connectivity index is 2.77. The lowest BCUT2D eigenvalue weighted by atomic mass is 10.1. The van der Waals surface area contributed by atoms with E-state index in [2.05, 4.69) is 25.8 Å². The van der Waals surface area contributed by atoms with Crippen molar-refractivity contribution in [1.82, 2.24) is 4.90 Å². The maximum atomic E-state index is 6.11. The largest absolute Gasteiger partial charge is 0.495 e. The number of ether oxygens (including phenoxy) is 1. The third-order valence-corrected chi connectivity index (χ3v) is 3.21. The van der Waals surface area contributed by atoms with Crippen LogP contribution in [-0.4, -0.2) is 32.1 Å². The van der Waals surface area contributed by atoms with Gasteiger partial charge in [-0.1, -0.05) is 18.5 Å². The Hall–Kier alpha value is -0.730. The molecule has 0 bridgehead atoms. The molecule has 0 saturated carbocycles. The van der Waals surface area contributed by atoms with E-state index in [0.29, 0.717) is 5.02 Å². The molecule has 0 unspecified atom stereocenters. The predicted octanol–water partition coefficient (Wildman–Crippen LogP) is 3.15. The van der Waals surface area contributed by atoms with Gasteiger partial charge < -0.3 is 9.64 Å². The second-order valence-corrected chi connectivity index (χ2v) is 4.47. The first-order valence-corrected chi connectivity index (χ1v) is 5.97. The lowest BCUT2D eigenvalue weighted by molar-refractivity contribution is 0.357. The maximum Gasteiger partial charge on any atom is 0.137 e. The molecule has 0 spiro atoms. The predicted molar refractivity (Wildman–Crippen MR) is 69.6 cm³/mol. The molecule has 1 rings (SSSR count). The van der Waals surface area contributed by atoms with E-state index >= 15 is 0 Å². The van der Waals surface area contributed by atoms with Crippen molar-refractivity contribution in [2.75, 3.05) is 27.2 Å². The van der Waals surface area contributed by atoms with Crippen molar-refractivity contribution in [3.63, 3.8) is 0 Å². The van der Waals surface area contributed by atoms with Gasteiger partial charge in [-0.3, -0.25) is 0 Å². The van der Waals surface area contributed by atoms with Crippen LogP contribution in [0.25, 0.3) is 0 Å². The fourth-order valence-electron chi connectivity index (χ4n) is 1.59. The van der Waals surface area contributed by atoms with E-state index in [1.807, 2.05) is 12.1 Å². The molecule has 0 aromatic heterocycles. The molecule has 90 valence electrons. The Morgan fingerprint density at radius 2 is 2.06 bits per heavy atom. The molecule has 0 N–H and O–H groups in total. The molecule has 0 amide bonds. The topological polar surface area (TPSA) is 12.5 Å². The number of aryl methyl sites for hydroxylation is 1. The first-order valence-electron chi connectivity index (χ1n) is 5.60. The van der Waals surface area contributed by atoms with Crippen LogP contribution in [0.4, 0.5) is 0 Å². The molecule has 1 aromatic carbocycles. The van der Waals surface area contributed by atoms with Crippen LogP contribution in [0.5, 0.6) is 5.75 Å². The van der Waals surface area contributed by atoms with Crippen LogP contribution >= 0.6 is 11.6 Å². The van der Waals surface area contributed by atoms with Crippen LogP contribution in [0.15, 0.2) is 12.1 Å². The van der Waals surface area contributed by atoms with Crippen LogP contribution in [0, 0.1) is 6.92 Å². The molecule has 0 heterocycles. The molecular weight excluding hydrogens is 222 g/mol. The van der Waals surface area contributed by atoms with Crippen LogP contribution in [-0.2, 0) is 6.42 Å². The van der Waals surface area contributed by atoms with Gasteiger partial charge in [-0.15, -0.1) is 0 Å². The van der Waals surface area contributed by atoms with E-state index in [1.54, 1.807) is 7.11 Å². The summed E-state index contributed by atoms with van der Waals surface area (Å²) in [7, 11) is 3.77. The van der Waals surface area contributed by atoms with Crippen molar-refractivity contribution < 1.29 is 4.74 Å². The van der Waals surface area contributed by atoms with Crippen molar-refractivity contribution in [3.05, 3.63) is 28.3 Å². The van der Waals surface area contributed by atoms with Crippen LogP contribution in [0.2, 0.25) is 5.02 Å². The fraction of sp³-hybridized carbons (Fsp3) is 0.538. The van der Waals surface area contributed by atoms with Crippen LogP contribution in [0.1, 0.15) is 18.1 Å². The number of hydrogen-bond donors (Lipinski definition) is 0. The van der Waals surface area contributed by atoms with Gasteiger partial charge in [0.05, 0.1) is 12.1 Å². The van der Waals surface area contributed by atoms with E-state index in [-0.39, 0.29) is 0 Å². The number of likely N-dealkylation sites (N-methyl/N-ethyl adjacent to an activating group) is 1. The Kier molecular flexibility index (Phi) is 5.10. The number of methoxy groups -OCH3 is 1. The van der Waals surface area contributed by atoms with Crippen molar-refractivity contribution in [2.45, 2.75) is 20.3 Å². The Bertz CT molecular complexity index is 352. The van der Waals surface area contributed by atoms with E-state index in [9.17, 15) is 0 Å². The normalized spacial score (nSPS) is 10.9. The second kappa shape index (κ2) is 6.12. The van der Waals surface area contributed by atoms with E-state index < -0.39 is 0 Å². The highest BCUT2D eigenvalue weighted by molar-refractivity contribution is 6.32. The minimum absolute atomic E-state index is 0.697. The molecule has 0 atom stereocenters. The summed E-state index contributed by atoms with van der Waals surface area (Å²) >= 11 is 6.11. The first kappa shape index (κ1) is 13.3. The van der Waals surface area contributed by atoms with Gasteiger partial charge in [-0.25, -0.2) is 0 Å². The fourth-order valence-corrected chi connectivity index (χ4v) is 1.85. The second-order valence-electron chi connectivity index (χ2n) is 4.06. The third-order valence-electron chi connectivity index (χ3n) is 2.91. The number of benzene rings is 1. The molecule has 0 radical (unpaired) electrons. The first-order chi connectivity index (χ1) is 7.58. The Morgan fingerprint density at radius 1 is 1.38 bits per heavy atom. The highest BCUT2D eigenvalue weighted by atomic mass is 35.5. The average Bonchev–Trinajstić information content (AvgIpc) is 2.29. The molecule has 16 heavy (non-hydrogen) atoms. The summed E-state index contributed by atoms with van der Waals surface area (Å²) in [6, 6.07) is 4.02. The highest BCUT2D eigenvalue weighted by Gasteiger charge is 2.06. The number of halogens is 1. The summed E-state index contributed by atoms with van der Waals surface area (Å²) < 4.78 is 5.19. The van der Waals surface area contributed by atoms with Crippen molar-refractivity contribution in [1.29, 1.82) is 0 Å². The Morgan fingerprint density at radius 3 is 2.62 bits per heavy atom. The number of hydrogen-bond acceptors (Lipinski definition) is 2. The summed E-state index contributed by atoms with van der Waals surface area (Å²) in [4.78, 5) is 2.29. The molecule has 0 saturated heterocycles. The molecule has 0 fully saturated rings. The summed E-state index contributed by atoms with van der Waals surface area (Å²) in [5, 5.41) is 0.697. The Labute approximate surface area is 103 Å². The van der Waals surface area contributed by atoms with E-state index in [1.165, 1.54) is 11.1 Å². The molecule has 0 aliphatic rings. The average molecular weight is 242 g/mol.